The average molecular weight is 316 g/mol. The van der Waals surface area contributed by atoms with Gasteiger partial charge in [0.25, 0.3) is 0 Å². The van der Waals surface area contributed by atoms with Crippen LogP contribution in [0.2, 0.25) is 0 Å². The van der Waals surface area contributed by atoms with E-state index in [1.54, 1.807) is 11.6 Å². The van der Waals surface area contributed by atoms with E-state index in [9.17, 15) is 4.79 Å². The molecule has 0 bridgehead atoms. The predicted octanol–water partition coefficient (Wildman–Crippen LogP) is 2.89. The van der Waals surface area contributed by atoms with Crippen LogP contribution in [0.3, 0.4) is 0 Å². The van der Waals surface area contributed by atoms with Gasteiger partial charge in [-0.3, -0.25) is 0 Å². The zero-order chi connectivity index (χ0) is 16.4. The van der Waals surface area contributed by atoms with Gasteiger partial charge >= 0.3 is 6.16 Å². The highest BCUT2D eigenvalue weighted by Gasteiger charge is 2.25. The quantitative estimate of drug-likeness (QED) is 0.882. The number of aromatic nitrogens is 1. The van der Waals surface area contributed by atoms with Gasteiger partial charge in [-0.15, -0.1) is 0 Å². The van der Waals surface area contributed by atoms with E-state index in [1.165, 1.54) is 5.56 Å². The standard InChI is InChI=1S/C17H20N2O4/c1-12-3-5-13(6-4-12)14-11-18(2)16(23-17(20)21)15(14)19-7-9-22-10-8-19/h3-6,11H,7-10H2,1-2H3,(H,20,21). The van der Waals surface area contributed by atoms with Crippen LogP contribution in [-0.4, -0.2) is 42.1 Å². The molecule has 0 atom stereocenters. The van der Waals surface area contributed by atoms with E-state index < -0.39 is 6.16 Å². The Morgan fingerprint density at radius 3 is 2.48 bits per heavy atom. The average Bonchev–Trinajstić information content (AvgIpc) is 2.85. The number of nitrogens with zero attached hydrogens (tertiary/aromatic N) is 2. The van der Waals surface area contributed by atoms with Crippen molar-refractivity contribution >= 4 is 11.8 Å². The molecule has 0 saturated carbocycles. The van der Waals surface area contributed by atoms with Crippen LogP contribution < -0.4 is 9.64 Å². The van der Waals surface area contributed by atoms with Crippen molar-refractivity contribution in [2.45, 2.75) is 6.92 Å². The Kier molecular flexibility index (Phi) is 4.25. The van der Waals surface area contributed by atoms with Crippen molar-refractivity contribution in [2.75, 3.05) is 31.2 Å². The number of rotatable bonds is 3. The van der Waals surface area contributed by atoms with E-state index in [-0.39, 0.29) is 0 Å². The maximum atomic E-state index is 11.1. The van der Waals surface area contributed by atoms with Crippen molar-refractivity contribution in [2.24, 2.45) is 7.05 Å². The van der Waals surface area contributed by atoms with E-state index >= 15 is 0 Å². The second kappa shape index (κ2) is 6.34. The minimum absolute atomic E-state index is 0.343. The fraction of sp³-hybridized carbons (Fsp3) is 0.353. The molecule has 0 spiro atoms. The number of carboxylic acid groups (broad SMARTS) is 1. The molecule has 6 nitrogen and oxygen atoms in total. The molecule has 1 saturated heterocycles. The normalized spacial score (nSPS) is 14.8. The molecule has 3 rings (SSSR count). The molecule has 0 aliphatic carbocycles. The molecule has 1 aromatic carbocycles. The number of anilines is 1. The smallest absolute Gasteiger partial charge is 0.449 e. The molecule has 1 fully saturated rings. The molecular formula is C17H20N2O4. The van der Waals surface area contributed by atoms with E-state index in [2.05, 4.69) is 4.90 Å². The van der Waals surface area contributed by atoms with Crippen LogP contribution in [-0.2, 0) is 11.8 Å². The van der Waals surface area contributed by atoms with Crippen LogP contribution in [0.15, 0.2) is 30.5 Å². The molecule has 6 heteroatoms. The minimum Gasteiger partial charge on any atom is -0.449 e. The fourth-order valence-corrected chi connectivity index (χ4v) is 2.84. The van der Waals surface area contributed by atoms with Gasteiger partial charge in [0.2, 0.25) is 5.88 Å². The molecule has 0 radical (unpaired) electrons. The lowest BCUT2D eigenvalue weighted by atomic mass is 10.1. The number of benzene rings is 1. The summed E-state index contributed by atoms with van der Waals surface area (Å²) in [6.45, 7) is 4.69. The second-order valence-electron chi connectivity index (χ2n) is 5.64. The zero-order valence-corrected chi connectivity index (χ0v) is 13.3. The van der Waals surface area contributed by atoms with Crippen LogP contribution in [0.4, 0.5) is 10.5 Å². The summed E-state index contributed by atoms with van der Waals surface area (Å²) in [7, 11) is 1.79. The summed E-state index contributed by atoms with van der Waals surface area (Å²) in [5, 5.41) is 9.05. The summed E-state index contributed by atoms with van der Waals surface area (Å²) >= 11 is 0. The van der Waals surface area contributed by atoms with E-state index in [4.69, 9.17) is 14.6 Å². The minimum atomic E-state index is -1.31. The largest absolute Gasteiger partial charge is 0.512 e. The number of aryl methyl sites for hydroxylation is 2. The number of ether oxygens (including phenoxy) is 2. The summed E-state index contributed by atoms with van der Waals surface area (Å²) in [5.74, 6) is 0.343. The first kappa shape index (κ1) is 15.4. The van der Waals surface area contributed by atoms with Gasteiger partial charge < -0.3 is 24.0 Å². The van der Waals surface area contributed by atoms with Gasteiger partial charge in [0.1, 0.15) is 5.69 Å². The maximum Gasteiger partial charge on any atom is 0.512 e. The van der Waals surface area contributed by atoms with Crippen molar-refractivity contribution in [3.8, 4) is 17.0 Å². The molecule has 1 aliphatic heterocycles. The lowest BCUT2D eigenvalue weighted by Crippen LogP contribution is -2.36. The van der Waals surface area contributed by atoms with Crippen LogP contribution in [0.1, 0.15) is 5.56 Å². The van der Waals surface area contributed by atoms with Crippen LogP contribution in [0.5, 0.6) is 5.88 Å². The van der Waals surface area contributed by atoms with Crippen molar-refractivity contribution in [3.05, 3.63) is 36.0 Å². The summed E-state index contributed by atoms with van der Waals surface area (Å²) in [5.41, 5.74) is 3.99. The van der Waals surface area contributed by atoms with E-state index in [1.807, 2.05) is 37.4 Å². The van der Waals surface area contributed by atoms with Gasteiger partial charge in [-0.05, 0) is 12.5 Å². The van der Waals surface area contributed by atoms with Crippen molar-refractivity contribution in [1.29, 1.82) is 0 Å². The number of hydrogen-bond acceptors (Lipinski definition) is 4. The van der Waals surface area contributed by atoms with E-state index in [0.29, 0.717) is 32.2 Å². The third-order valence-electron chi connectivity index (χ3n) is 3.97. The lowest BCUT2D eigenvalue weighted by Gasteiger charge is -2.29. The predicted molar refractivity (Wildman–Crippen MR) is 87.3 cm³/mol. The molecule has 0 unspecified atom stereocenters. The molecule has 2 heterocycles. The highest BCUT2D eigenvalue weighted by atomic mass is 16.7. The molecule has 2 aromatic rings. The molecule has 0 amide bonds. The van der Waals surface area contributed by atoms with Gasteiger partial charge in [0.15, 0.2) is 0 Å². The van der Waals surface area contributed by atoms with Gasteiger partial charge in [0, 0.05) is 31.9 Å². The topological polar surface area (TPSA) is 63.9 Å². The highest BCUT2D eigenvalue weighted by molar-refractivity contribution is 5.84. The first-order valence-corrected chi connectivity index (χ1v) is 7.56. The van der Waals surface area contributed by atoms with Crippen LogP contribution >= 0.6 is 0 Å². The van der Waals surface area contributed by atoms with Crippen molar-refractivity contribution < 1.29 is 19.4 Å². The Labute approximate surface area is 134 Å². The maximum absolute atomic E-state index is 11.1. The van der Waals surface area contributed by atoms with Crippen molar-refractivity contribution in [1.82, 2.24) is 4.57 Å². The number of morpholine rings is 1. The van der Waals surface area contributed by atoms with Gasteiger partial charge in [-0.25, -0.2) is 4.79 Å². The second-order valence-corrected chi connectivity index (χ2v) is 5.64. The van der Waals surface area contributed by atoms with Crippen molar-refractivity contribution in [3.63, 3.8) is 0 Å². The third-order valence-corrected chi connectivity index (χ3v) is 3.97. The monoisotopic (exact) mass is 316 g/mol. The molecule has 122 valence electrons. The Morgan fingerprint density at radius 2 is 1.87 bits per heavy atom. The summed E-state index contributed by atoms with van der Waals surface area (Å²) < 4.78 is 12.2. The summed E-state index contributed by atoms with van der Waals surface area (Å²) in [4.78, 5) is 13.2. The summed E-state index contributed by atoms with van der Waals surface area (Å²) in [6, 6.07) is 8.17. The first-order valence-electron chi connectivity index (χ1n) is 7.56. The van der Waals surface area contributed by atoms with Crippen LogP contribution in [0, 0.1) is 6.92 Å². The Bertz CT molecular complexity index is 700. The summed E-state index contributed by atoms with van der Waals surface area (Å²) in [6.07, 6.45) is 0.601. The molecule has 1 N–H and O–H groups in total. The lowest BCUT2D eigenvalue weighted by molar-refractivity contribution is 0.122. The number of hydrogen-bond donors (Lipinski definition) is 1. The Balaban J connectivity index is 2.10. The SMILES string of the molecule is Cc1ccc(-c2cn(C)c(OC(=O)O)c2N2CCOCC2)cc1. The molecule has 1 aromatic heterocycles. The van der Waals surface area contributed by atoms with Crippen LogP contribution in [0.25, 0.3) is 11.1 Å². The Morgan fingerprint density at radius 1 is 1.22 bits per heavy atom. The molecule has 1 aliphatic rings. The fourth-order valence-electron chi connectivity index (χ4n) is 2.84. The molecular weight excluding hydrogens is 296 g/mol. The highest BCUT2D eigenvalue weighted by Crippen LogP contribution is 2.41. The Hall–Kier alpha value is -2.47. The van der Waals surface area contributed by atoms with Gasteiger partial charge in [0.05, 0.1) is 13.2 Å². The van der Waals surface area contributed by atoms with Gasteiger partial charge in [-0.2, -0.15) is 0 Å². The van der Waals surface area contributed by atoms with E-state index in [0.717, 1.165) is 16.8 Å². The number of carbonyl (C=O) groups is 1. The zero-order valence-electron chi connectivity index (χ0n) is 13.3. The molecule has 23 heavy (non-hydrogen) atoms. The third kappa shape index (κ3) is 3.17. The van der Waals surface area contributed by atoms with Gasteiger partial charge in [-0.1, -0.05) is 29.8 Å². The first-order chi connectivity index (χ1) is 11.1.